The van der Waals surface area contributed by atoms with Crippen LogP contribution in [0.2, 0.25) is 5.15 Å². The van der Waals surface area contributed by atoms with Crippen molar-refractivity contribution in [3.63, 3.8) is 0 Å². The number of anilines is 1. The summed E-state index contributed by atoms with van der Waals surface area (Å²) in [4.78, 5) is 90.7. The molecule has 0 radical (unpaired) electrons. The predicted molar refractivity (Wildman–Crippen MR) is 290 cm³/mol. The molecule has 0 saturated carbocycles. The Labute approximate surface area is 468 Å². The Morgan fingerprint density at radius 1 is 0.568 bits per heavy atom. The summed E-state index contributed by atoms with van der Waals surface area (Å²) in [7, 11) is 10.1. The van der Waals surface area contributed by atoms with E-state index in [2.05, 4.69) is 44.7 Å². The average molecular weight is 1140 g/mol. The van der Waals surface area contributed by atoms with E-state index in [1.165, 1.54) is 78.1 Å². The molecule has 0 unspecified atom stereocenters. The lowest BCUT2D eigenvalue weighted by molar-refractivity contribution is -0.385. The number of non-ortho nitro benzene ring substituents is 3. The van der Waals surface area contributed by atoms with E-state index in [1.54, 1.807) is 79.8 Å². The molecule has 3 aromatic carbocycles. The molecule has 0 aliphatic heterocycles. The second kappa shape index (κ2) is 33.4. The van der Waals surface area contributed by atoms with Crippen LogP contribution in [-0.2, 0) is 86.1 Å². The maximum absolute atomic E-state index is 11.6. The molecule has 0 atom stereocenters. The highest BCUT2D eigenvalue weighted by molar-refractivity contribution is 6.30. The maximum atomic E-state index is 11.6. The molecule has 4 aromatic heterocycles. The van der Waals surface area contributed by atoms with Gasteiger partial charge in [-0.15, -0.1) is 0 Å². The molecule has 81 heavy (non-hydrogen) atoms. The third-order valence-electron chi connectivity index (χ3n) is 11.2. The Kier molecular flexibility index (Phi) is 26.6. The van der Waals surface area contributed by atoms with Gasteiger partial charge in [-0.2, -0.15) is 0 Å². The lowest BCUT2D eigenvalue weighted by Gasteiger charge is -2.16. The quantitative estimate of drug-likeness (QED) is 0.0197. The van der Waals surface area contributed by atoms with Crippen LogP contribution in [-0.4, -0.2) is 142 Å². The Hall–Kier alpha value is -9.06. The fraction of sp³-hybridized carbons (Fsp3) is 0.327. The smallest absolute Gasteiger partial charge is 0.310 e. The summed E-state index contributed by atoms with van der Waals surface area (Å²) in [5.74, 6) is 0.966. The number of nitrogens with two attached hydrogens (primary N) is 1. The van der Waals surface area contributed by atoms with Crippen molar-refractivity contribution in [3.05, 3.63) is 190 Å². The van der Waals surface area contributed by atoms with E-state index in [1.807, 2.05) is 0 Å². The third-order valence-corrected chi connectivity index (χ3v) is 11.6. The minimum Gasteiger partial charge on any atom is -0.469 e. The summed E-state index contributed by atoms with van der Waals surface area (Å²) in [6.07, 6.45) is 8.70. The van der Waals surface area contributed by atoms with E-state index in [0.717, 1.165) is 22.5 Å². The van der Waals surface area contributed by atoms with E-state index in [9.17, 15) is 44.7 Å². The van der Waals surface area contributed by atoms with Crippen molar-refractivity contribution < 1.29 is 62.3 Å². The molecule has 28 nitrogen and oxygen atoms in total. The van der Waals surface area contributed by atoms with Gasteiger partial charge in [0, 0.05) is 138 Å². The molecular formula is C52H59ClN12O16. The topological polar surface area (TPSA) is 365 Å². The summed E-state index contributed by atoms with van der Waals surface area (Å²) >= 11 is 6.02. The number of hydrogen-bond donors (Lipinski definition) is 2. The van der Waals surface area contributed by atoms with E-state index < -0.39 is 33.0 Å². The van der Waals surface area contributed by atoms with Crippen LogP contribution < -0.4 is 11.1 Å². The van der Waals surface area contributed by atoms with E-state index in [4.69, 9.17) is 41.0 Å². The number of benzene rings is 3. The maximum Gasteiger partial charge on any atom is 0.310 e. The van der Waals surface area contributed by atoms with Gasteiger partial charge in [0.2, 0.25) is 0 Å². The number of nitro groups is 3. The summed E-state index contributed by atoms with van der Waals surface area (Å²) in [5, 5.41) is 35.3. The van der Waals surface area contributed by atoms with Gasteiger partial charge in [-0.05, 0) is 16.7 Å². The average Bonchev–Trinajstić information content (AvgIpc) is 4.05. The summed E-state index contributed by atoms with van der Waals surface area (Å²) < 4.78 is 35.4. The van der Waals surface area contributed by atoms with Gasteiger partial charge in [0.15, 0.2) is 12.6 Å². The van der Waals surface area contributed by atoms with Gasteiger partial charge in [0.1, 0.15) is 34.1 Å². The molecule has 0 spiro atoms. The molecule has 29 heteroatoms. The molecule has 0 aliphatic carbocycles. The Bertz CT molecular complexity index is 3180. The fourth-order valence-electron chi connectivity index (χ4n) is 6.88. The molecule has 0 amide bonds. The Balaban J connectivity index is 0.000000248. The number of fused-ring (bicyclic) bond motifs is 1. The number of aromatic nitrogens is 7. The zero-order chi connectivity index (χ0) is 59.4. The zero-order valence-corrected chi connectivity index (χ0v) is 45.8. The summed E-state index contributed by atoms with van der Waals surface area (Å²) in [6.45, 7) is 0.724. The van der Waals surface area contributed by atoms with Gasteiger partial charge >= 0.3 is 17.9 Å². The van der Waals surface area contributed by atoms with Crippen LogP contribution in [0.4, 0.5) is 22.9 Å². The standard InChI is InChI=1S/C18H22N4O6.C16H14N4O4.C14H12ClN3O4.C4H11NO2/c1-26-16(23)9-13-10-19-15(21-18(13)20-11-17(27-2)28-3)8-12-4-6-14(7-5-12)22(24)25;1-24-15(21)9-12-10-18-14(19-7-6-17-16(12)19)8-11-2-4-13(5-3-11)20(22)23;1-22-13(19)7-10-8-16-12(17-14(10)15)6-9-2-4-11(5-3-9)18(20)21;1-6-4(3-5)7-2/h4-7,10,17H,8-9,11H2,1-3H3,(H,19,20,21);2-7,10H,8-9H2,1H3;2-5,8H,6-7H2,1H3;4H,3,5H2,1-2H3. The van der Waals surface area contributed by atoms with E-state index in [-0.39, 0.29) is 53.7 Å². The van der Waals surface area contributed by atoms with Crippen molar-refractivity contribution >= 4 is 58.0 Å². The van der Waals surface area contributed by atoms with Crippen LogP contribution in [0.1, 0.15) is 50.9 Å². The highest BCUT2D eigenvalue weighted by Crippen LogP contribution is 2.21. The van der Waals surface area contributed by atoms with Crippen molar-refractivity contribution in [2.75, 3.05) is 68.2 Å². The monoisotopic (exact) mass is 1140 g/mol. The SMILES string of the molecule is COC(=O)Cc1cnc(Cc2ccc([N+](=O)[O-])cc2)n2ccnc12.COC(=O)Cc1cnc(Cc2ccc([N+](=O)[O-])cc2)nc1Cl.COC(=O)Cc1cnc(Cc2ccc([N+](=O)[O-])cc2)nc1NCC(OC)OC.COC(CN)OC. The Morgan fingerprint density at radius 2 is 0.975 bits per heavy atom. The third kappa shape index (κ3) is 20.9. The molecule has 0 bridgehead atoms. The van der Waals surface area contributed by atoms with Gasteiger partial charge in [-0.1, -0.05) is 48.0 Å². The Morgan fingerprint density at radius 3 is 1.38 bits per heavy atom. The van der Waals surface area contributed by atoms with Crippen molar-refractivity contribution in [1.29, 1.82) is 0 Å². The molecule has 430 valence electrons. The molecule has 4 heterocycles. The number of nitrogens with one attached hydrogen (secondary N) is 1. The molecule has 0 saturated heterocycles. The van der Waals surface area contributed by atoms with Crippen LogP contribution >= 0.6 is 11.6 Å². The number of hydrogen-bond acceptors (Lipinski definition) is 24. The minimum atomic E-state index is -0.487. The van der Waals surface area contributed by atoms with Crippen LogP contribution in [0.5, 0.6) is 0 Å². The lowest BCUT2D eigenvalue weighted by atomic mass is 10.1. The number of nitrogens with zero attached hydrogens (tertiary/aromatic N) is 10. The highest BCUT2D eigenvalue weighted by Gasteiger charge is 2.17. The number of rotatable bonds is 23. The van der Waals surface area contributed by atoms with Gasteiger partial charge < -0.3 is 44.2 Å². The van der Waals surface area contributed by atoms with Gasteiger partial charge in [0.25, 0.3) is 17.1 Å². The van der Waals surface area contributed by atoms with Crippen molar-refractivity contribution in [2.24, 2.45) is 5.73 Å². The van der Waals surface area contributed by atoms with Gasteiger partial charge in [-0.3, -0.25) is 49.1 Å². The number of carbonyl (C=O) groups is 3. The lowest BCUT2D eigenvalue weighted by Crippen LogP contribution is -2.25. The van der Waals surface area contributed by atoms with Crippen molar-refractivity contribution in [3.8, 4) is 0 Å². The molecule has 7 rings (SSSR count). The van der Waals surface area contributed by atoms with Gasteiger partial charge in [-0.25, -0.2) is 29.9 Å². The number of imidazole rings is 1. The number of ether oxygens (including phenoxy) is 7. The fourth-order valence-corrected chi connectivity index (χ4v) is 7.09. The molecule has 0 fully saturated rings. The summed E-state index contributed by atoms with van der Waals surface area (Å²) in [5.41, 5.74) is 10.2. The number of nitro benzene ring substituents is 3. The van der Waals surface area contributed by atoms with Crippen LogP contribution in [0.3, 0.4) is 0 Å². The largest absolute Gasteiger partial charge is 0.469 e. The molecule has 3 N–H and O–H groups in total. The first kappa shape index (κ1) is 64.5. The first-order valence-corrected chi connectivity index (χ1v) is 24.4. The van der Waals surface area contributed by atoms with Crippen molar-refractivity contribution in [1.82, 2.24) is 34.3 Å². The second-order valence-electron chi connectivity index (χ2n) is 16.6. The normalized spacial score (nSPS) is 10.6. The van der Waals surface area contributed by atoms with Gasteiger partial charge in [0.05, 0.1) is 61.9 Å². The van der Waals surface area contributed by atoms with Crippen molar-refractivity contribution in [2.45, 2.75) is 51.1 Å². The zero-order valence-electron chi connectivity index (χ0n) is 45.1. The number of carbonyl (C=O) groups excluding carboxylic acids is 3. The summed E-state index contributed by atoms with van der Waals surface area (Å²) in [6, 6.07) is 18.6. The number of methoxy groups -OCH3 is 7. The molecule has 0 aliphatic rings. The number of esters is 3. The minimum absolute atomic E-state index is 0.00709. The molecular weight excluding hydrogens is 1080 g/mol. The first-order valence-electron chi connectivity index (χ1n) is 24.0. The van der Waals surface area contributed by atoms with Crippen LogP contribution in [0, 0.1) is 30.3 Å². The van der Waals surface area contributed by atoms with Crippen LogP contribution in [0.15, 0.2) is 104 Å². The first-order chi connectivity index (χ1) is 38.9. The van der Waals surface area contributed by atoms with E-state index >= 15 is 0 Å². The number of halogens is 1. The van der Waals surface area contributed by atoms with Crippen LogP contribution in [0.25, 0.3) is 5.65 Å². The molecule has 7 aromatic rings. The highest BCUT2D eigenvalue weighted by atomic mass is 35.5. The van der Waals surface area contributed by atoms with E-state index in [0.29, 0.717) is 72.2 Å². The second-order valence-corrected chi connectivity index (χ2v) is 16.9. The predicted octanol–water partition coefficient (Wildman–Crippen LogP) is 5.57.